The molecule has 3 unspecified atom stereocenters. The molecule has 4 nitrogen and oxygen atoms in total. The second kappa shape index (κ2) is 10.9. The predicted molar refractivity (Wildman–Crippen MR) is 108 cm³/mol. The van der Waals surface area contributed by atoms with Crippen LogP contribution in [0.15, 0.2) is 26.9 Å². The molecule has 1 aliphatic heterocycles. The van der Waals surface area contributed by atoms with Gasteiger partial charge in [0.1, 0.15) is 0 Å². The van der Waals surface area contributed by atoms with Crippen molar-refractivity contribution in [1.82, 2.24) is 0 Å². The topological polar surface area (TPSA) is 46.3 Å². The molecule has 3 atom stereocenters. The zero-order chi connectivity index (χ0) is 18.1. The Labute approximate surface area is 158 Å². The molecule has 0 aromatic heterocycles. The molecule has 0 N–H and O–H groups in total. The van der Waals surface area contributed by atoms with Crippen LogP contribution in [0, 0.1) is 11.8 Å². The third-order valence-corrected chi connectivity index (χ3v) is 5.57. The highest BCUT2D eigenvalue weighted by molar-refractivity contribution is 7.80. The summed E-state index contributed by atoms with van der Waals surface area (Å²) in [4.78, 5) is 4.48. The van der Waals surface area contributed by atoms with Crippen molar-refractivity contribution in [2.45, 2.75) is 84.2 Å². The maximum absolute atomic E-state index is 5.65. The number of unbranched alkanes of at least 4 members (excludes halogenated alkanes) is 3. The van der Waals surface area contributed by atoms with Crippen LogP contribution in [0.4, 0.5) is 0 Å². The van der Waals surface area contributed by atoms with Crippen molar-refractivity contribution in [3.8, 4) is 0 Å². The first-order valence-corrected chi connectivity index (χ1v) is 10.4. The number of amidine groups is 1. The molecule has 2 aliphatic rings. The van der Waals surface area contributed by atoms with Gasteiger partial charge in [-0.15, -0.1) is 10.2 Å². The third kappa shape index (κ3) is 6.07. The summed E-state index contributed by atoms with van der Waals surface area (Å²) in [6.07, 6.45) is 14.6. The Morgan fingerprint density at radius 1 is 1.12 bits per heavy atom. The minimum Gasteiger partial charge on any atom is -0.381 e. The number of ether oxygens (including phenoxy) is 1. The average Bonchev–Trinajstić information content (AvgIpc) is 3.06. The summed E-state index contributed by atoms with van der Waals surface area (Å²) in [5, 5.41) is 8.72. The predicted octanol–water partition coefficient (Wildman–Crippen LogP) is 6.26. The fourth-order valence-corrected chi connectivity index (χ4v) is 4.19. The van der Waals surface area contributed by atoms with Crippen LogP contribution in [0.1, 0.15) is 78.1 Å². The minimum absolute atomic E-state index is 0.336. The Morgan fingerprint density at radius 3 is 2.60 bits per heavy atom. The Kier molecular flexibility index (Phi) is 8.90. The lowest BCUT2D eigenvalue weighted by molar-refractivity contribution is 0.0885. The van der Waals surface area contributed by atoms with Crippen LogP contribution in [-0.2, 0) is 4.74 Å². The summed E-state index contributed by atoms with van der Waals surface area (Å²) in [6, 6.07) is 0. The van der Waals surface area contributed by atoms with E-state index in [1.54, 1.807) is 0 Å². The average molecular weight is 364 g/mol. The van der Waals surface area contributed by atoms with E-state index in [9.17, 15) is 0 Å². The second-order valence-electron chi connectivity index (χ2n) is 7.22. The molecular weight excluding hydrogens is 330 g/mol. The summed E-state index contributed by atoms with van der Waals surface area (Å²) in [7, 11) is 1.83. The van der Waals surface area contributed by atoms with Crippen LogP contribution in [0.2, 0.25) is 0 Å². The molecule has 0 saturated heterocycles. The number of rotatable bonds is 11. The molecule has 1 heterocycles. The Morgan fingerprint density at radius 2 is 1.96 bits per heavy atom. The van der Waals surface area contributed by atoms with Crippen LogP contribution in [0.5, 0.6) is 0 Å². The first kappa shape index (κ1) is 20.4. The minimum atomic E-state index is 0.336. The van der Waals surface area contributed by atoms with Gasteiger partial charge in [-0.1, -0.05) is 57.6 Å². The van der Waals surface area contributed by atoms with Gasteiger partial charge in [-0.3, -0.25) is 0 Å². The molecule has 0 aromatic rings. The standard InChI is InChI=1S/C20H33N3OS/c1-4-6-7-8-13-18(19-21-20(25)23-22-19)17(10-5-2)15-11-9-12-16(14-15)24-3/h11,16-18H,4-10,12-14H2,1-3H3. The Hall–Kier alpha value is -0.940. The lowest BCUT2D eigenvalue weighted by Gasteiger charge is -2.32. The van der Waals surface area contributed by atoms with Crippen molar-refractivity contribution in [1.29, 1.82) is 0 Å². The molecule has 0 aromatic carbocycles. The molecule has 25 heavy (non-hydrogen) atoms. The molecular formula is C20H33N3OS. The van der Waals surface area contributed by atoms with Crippen molar-refractivity contribution in [2.24, 2.45) is 27.1 Å². The number of thiocarbonyl (C=S) groups is 1. The van der Waals surface area contributed by atoms with Crippen molar-refractivity contribution in [2.75, 3.05) is 7.11 Å². The van der Waals surface area contributed by atoms with E-state index in [2.05, 4.69) is 35.1 Å². The largest absolute Gasteiger partial charge is 0.381 e. The number of aliphatic imine (C=N–C) groups is 1. The van der Waals surface area contributed by atoms with Crippen molar-refractivity contribution in [3.05, 3.63) is 11.6 Å². The summed E-state index contributed by atoms with van der Waals surface area (Å²) < 4.78 is 5.65. The van der Waals surface area contributed by atoms with E-state index < -0.39 is 0 Å². The third-order valence-electron chi connectivity index (χ3n) is 5.40. The zero-order valence-electron chi connectivity index (χ0n) is 16.0. The molecule has 0 radical (unpaired) electrons. The fourth-order valence-electron chi connectivity index (χ4n) is 4.06. The number of allylic oxidation sites excluding steroid dienone is 1. The molecule has 0 bridgehead atoms. The number of methoxy groups -OCH3 is 1. The van der Waals surface area contributed by atoms with E-state index >= 15 is 0 Å². The second-order valence-corrected chi connectivity index (χ2v) is 7.59. The maximum Gasteiger partial charge on any atom is 0.241 e. The van der Waals surface area contributed by atoms with Gasteiger partial charge in [0.15, 0.2) is 5.84 Å². The molecule has 0 fully saturated rings. The number of hydrogen-bond donors (Lipinski definition) is 0. The van der Waals surface area contributed by atoms with Gasteiger partial charge in [0.25, 0.3) is 0 Å². The van der Waals surface area contributed by atoms with Crippen LogP contribution < -0.4 is 0 Å². The molecule has 0 spiro atoms. The van der Waals surface area contributed by atoms with Crippen LogP contribution in [-0.4, -0.2) is 24.2 Å². The molecule has 0 amide bonds. The van der Waals surface area contributed by atoms with Gasteiger partial charge in [-0.2, -0.15) is 4.99 Å². The quantitative estimate of drug-likeness (QED) is 0.247. The van der Waals surface area contributed by atoms with Gasteiger partial charge >= 0.3 is 0 Å². The van der Waals surface area contributed by atoms with Crippen LogP contribution in [0.3, 0.4) is 0 Å². The van der Waals surface area contributed by atoms with Gasteiger partial charge in [0.05, 0.1) is 6.10 Å². The van der Waals surface area contributed by atoms with Crippen molar-refractivity contribution < 1.29 is 4.74 Å². The summed E-state index contributed by atoms with van der Waals surface area (Å²) in [5.74, 6) is 1.69. The summed E-state index contributed by atoms with van der Waals surface area (Å²) >= 11 is 5.13. The molecule has 140 valence electrons. The highest BCUT2D eigenvalue weighted by Crippen LogP contribution is 2.37. The van der Waals surface area contributed by atoms with Crippen LogP contribution >= 0.6 is 12.2 Å². The number of azo groups is 1. The van der Waals surface area contributed by atoms with E-state index in [-0.39, 0.29) is 0 Å². The summed E-state index contributed by atoms with van der Waals surface area (Å²) in [6.45, 7) is 4.52. The van der Waals surface area contributed by atoms with Gasteiger partial charge in [-0.05, 0) is 50.2 Å². The first-order valence-electron chi connectivity index (χ1n) is 9.95. The Bertz CT molecular complexity index is 527. The van der Waals surface area contributed by atoms with E-state index in [0.717, 1.165) is 31.5 Å². The monoisotopic (exact) mass is 363 g/mol. The van der Waals surface area contributed by atoms with E-state index in [1.165, 1.54) is 44.1 Å². The SMILES string of the molecule is CCCCCCC(C1=NC(=S)N=N1)C(CCC)C1=CCCC(OC)C1. The molecule has 0 saturated carbocycles. The fraction of sp³-hybridized carbons (Fsp3) is 0.800. The molecule has 1 aliphatic carbocycles. The van der Waals surface area contributed by atoms with Crippen LogP contribution in [0.25, 0.3) is 0 Å². The highest BCUT2D eigenvalue weighted by Gasteiger charge is 2.32. The summed E-state index contributed by atoms with van der Waals surface area (Å²) in [5.41, 5.74) is 1.54. The molecule has 5 heteroatoms. The van der Waals surface area contributed by atoms with Gasteiger partial charge in [0, 0.05) is 13.0 Å². The van der Waals surface area contributed by atoms with Gasteiger partial charge in [-0.25, -0.2) is 0 Å². The normalized spacial score (nSPS) is 22.7. The van der Waals surface area contributed by atoms with Gasteiger partial charge in [0.2, 0.25) is 5.11 Å². The van der Waals surface area contributed by atoms with Gasteiger partial charge < -0.3 is 4.74 Å². The van der Waals surface area contributed by atoms with E-state index in [0.29, 0.717) is 23.1 Å². The maximum atomic E-state index is 5.65. The van der Waals surface area contributed by atoms with Crippen molar-refractivity contribution in [3.63, 3.8) is 0 Å². The smallest absolute Gasteiger partial charge is 0.241 e. The highest BCUT2D eigenvalue weighted by atomic mass is 32.1. The molecule has 2 rings (SSSR count). The van der Waals surface area contributed by atoms with E-state index in [1.807, 2.05) is 7.11 Å². The lowest BCUT2D eigenvalue weighted by Crippen LogP contribution is -2.28. The number of hydrogen-bond acceptors (Lipinski definition) is 3. The zero-order valence-corrected chi connectivity index (χ0v) is 16.9. The Balaban J connectivity index is 2.17. The van der Waals surface area contributed by atoms with E-state index in [4.69, 9.17) is 17.0 Å². The first-order chi connectivity index (χ1) is 12.2. The van der Waals surface area contributed by atoms with Crippen molar-refractivity contribution >= 4 is 23.2 Å². The lowest BCUT2D eigenvalue weighted by atomic mass is 9.75. The number of nitrogens with zero attached hydrogens (tertiary/aromatic N) is 3.